The molecule has 2 aromatic carbocycles. The van der Waals surface area contributed by atoms with E-state index in [-0.39, 0.29) is 25.5 Å². The summed E-state index contributed by atoms with van der Waals surface area (Å²) in [6.45, 7) is 2.77. The third-order valence-corrected chi connectivity index (χ3v) is 3.65. The lowest BCUT2D eigenvalue weighted by atomic mass is 10.1. The minimum atomic E-state index is -0.915. The number of amides is 1. The predicted molar refractivity (Wildman–Crippen MR) is 91.0 cm³/mol. The average molecular weight is 327 g/mol. The zero-order chi connectivity index (χ0) is 17.4. The Labute approximate surface area is 141 Å². The fraction of sp³-hybridized carbons (Fsp3) is 0.263. The van der Waals surface area contributed by atoms with Gasteiger partial charge in [0.1, 0.15) is 12.4 Å². The summed E-state index contributed by atoms with van der Waals surface area (Å²) in [7, 11) is 0. The second kappa shape index (κ2) is 8.72. The van der Waals surface area contributed by atoms with Crippen molar-refractivity contribution in [3.05, 3.63) is 65.7 Å². The van der Waals surface area contributed by atoms with Crippen molar-refractivity contribution in [3.63, 3.8) is 0 Å². The molecule has 2 aromatic rings. The molecule has 0 aromatic heterocycles. The van der Waals surface area contributed by atoms with Gasteiger partial charge in [0.05, 0.1) is 6.42 Å². The first kappa shape index (κ1) is 17.5. The minimum absolute atomic E-state index is 0.0672. The van der Waals surface area contributed by atoms with E-state index in [1.807, 2.05) is 49.4 Å². The Bertz CT molecular complexity index is 685. The molecule has 0 fully saturated rings. The maximum Gasteiger partial charge on any atom is 0.305 e. The molecule has 0 aliphatic rings. The number of hydrogen-bond donors (Lipinski definition) is 1. The van der Waals surface area contributed by atoms with E-state index in [1.54, 1.807) is 12.1 Å². The van der Waals surface area contributed by atoms with E-state index in [4.69, 9.17) is 9.84 Å². The number of carboxylic acid groups (broad SMARTS) is 1. The van der Waals surface area contributed by atoms with E-state index < -0.39 is 5.97 Å². The lowest BCUT2D eigenvalue weighted by Gasteiger charge is -2.21. The van der Waals surface area contributed by atoms with Gasteiger partial charge in [0.25, 0.3) is 5.91 Å². The number of aliphatic carboxylic acids is 1. The van der Waals surface area contributed by atoms with Crippen LogP contribution >= 0.6 is 0 Å². The first-order chi connectivity index (χ1) is 11.6. The molecule has 0 radical (unpaired) electrons. The molecule has 0 aliphatic heterocycles. The fourth-order valence-electron chi connectivity index (χ4n) is 2.34. The van der Waals surface area contributed by atoms with Crippen LogP contribution < -0.4 is 4.74 Å². The average Bonchev–Trinajstić information content (AvgIpc) is 2.61. The number of carbonyl (C=O) groups is 2. The van der Waals surface area contributed by atoms with Crippen molar-refractivity contribution in [1.29, 1.82) is 0 Å². The standard InChI is InChI=1S/C19H21NO4/c1-2-20(13-12-18(21)22)19(23)17-11-7-6-8-15(17)14-24-16-9-4-3-5-10-16/h3-11H,2,12-14H2,1H3,(H,21,22). The molecule has 0 aliphatic carbocycles. The quantitative estimate of drug-likeness (QED) is 0.808. The number of ether oxygens (including phenoxy) is 1. The van der Waals surface area contributed by atoms with E-state index in [1.165, 1.54) is 4.90 Å². The van der Waals surface area contributed by atoms with Gasteiger partial charge in [-0.1, -0.05) is 36.4 Å². The highest BCUT2D eigenvalue weighted by Gasteiger charge is 2.18. The third kappa shape index (κ3) is 4.84. The molecule has 0 atom stereocenters. The number of nitrogens with zero attached hydrogens (tertiary/aromatic N) is 1. The van der Waals surface area contributed by atoms with Crippen LogP contribution in [-0.4, -0.2) is 35.0 Å². The van der Waals surface area contributed by atoms with Crippen LogP contribution in [0.25, 0.3) is 0 Å². The zero-order valence-electron chi connectivity index (χ0n) is 13.6. The molecule has 0 bridgehead atoms. The highest BCUT2D eigenvalue weighted by atomic mass is 16.5. The number of benzene rings is 2. The van der Waals surface area contributed by atoms with Gasteiger partial charge in [0, 0.05) is 24.2 Å². The van der Waals surface area contributed by atoms with Crippen molar-refractivity contribution >= 4 is 11.9 Å². The molecule has 1 amide bonds. The van der Waals surface area contributed by atoms with Crippen LogP contribution in [0.15, 0.2) is 54.6 Å². The van der Waals surface area contributed by atoms with Crippen LogP contribution in [0.3, 0.4) is 0 Å². The lowest BCUT2D eigenvalue weighted by Crippen LogP contribution is -2.33. The van der Waals surface area contributed by atoms with Crippen LogP contribution in [0.1, 0.15) is 29.3 Å². The Morgan fingerprint density at radius 3 is 2.38 bits per heavy atom. The fourth-order valence-corrected chi connectivity index (χ4v) is 2.34. The molecular formula is C19H21NO4. The van der Waals surface area contributed by atoms with Gasteiger partial charge in [-0.05, 0) is 25.1 Å². The molecule has 1 N–H and O–H groups in total. The van der Waals surface area contributed by atoms with Crippen molar-refractivity contribution in [3.8, 4) is 5.75 Å². The normalized spacial score (nSPS) is 10.2. The molecule has 5 nitrogen and oxygen atoms in total. The van der Waals surface area contributed by atoms with Gasteiger partial charge in [-0.2, -0.15) is 0 Å². The predicted octanol–water partition coefficient (Wildman–Crippen LogP) is 3.20. The molecule has 24 heavy (non-hydrogen) atoms. The summed E-state index contributed by atoms with van der Waals surface area (Å²) in [5, 5.41) is 8.82. The van der Waals surface area contributed by atoms with Crippen molar-refractivity contribution in [2.75, 3.05) is 13.1 Å². The topological polar surface area (TPSA) is 66.8 Å². The molecule has 0 unspecified atom stereocenters. The van der Waals surface area contributed by atoms with E-state index in [0.717, 1.165) is 11.3 Å². The van der Waals surface area contributed by atoms with Crippen LogP contribution in [0.4, 0.5) is 0 Å². The molecule has 0 saturated carbocycles. The second-order valence-corrected chi connectivity index (χ2v) is 5.29. The van der Waals surface area contributed by atoms with E-state index in [9.17, 15) is 9.59 Å². The molecule has 5 heteroatoms. The maximum atomic E-state index is 12.7. The highest BCUT2D eigenvalue weighted by Crippen LogP contribution is 2.16. The smallest absolute Gasteiger partial charge is 0.305 e. The Hall–Kier alpha value is -2.82. The summed E-state index contributed by atoms with van der Waals surface area (Å²) in [5.74, 6) is -0.356. The van der Waals surface area contributed by atoms with Gasteiger partial charge in [-0.25, -0.2) is 0 Å². The van der Waals surface area contributed by atoms with Crippen molar-refractivity contribution in [1.82, 2.24) is 4.90 Å². The Morgan fingerprint density at radius 2 is 1.71 bits per heavy atom. The number of hydrogen-bond acceptors (Lipinski definition) is 3. The van der Waals surface area contributed by atoms with Gasteiger partial charge in [-0.15, -0.1) is 0 Å². The first-order valence-corrected chi connectivity index (χ1v) is 7.88. The summed E-state index contributed by atoms with van der Waals surface area (Å²) in [4.78, 5) is 25.0. The summed E-state index contributed by atoms with van der Waals surface area (Å²) in [5.41, 5.74) is 1.32. The van der Waals surface area contributed by atoms with Gasteiger partial charge in [0.15, 0.2) is 0 Å². The largest absolute Gasteiger partial charge is 0.489 e. The Kier molecular flexibility index (Phi) is 6.37. The van der Waals surface area contributed by atoms with Crippen LogP contribution in [0.2, 0.25) is 0 Å². The van der Waals surface area contributed by atoms with Crippen LogP contribution in [0, 0.1) is 0 Å². The number of rotatable bonds is 8. The number of para-hydroxylation sites is 1. The Balaban J connectivity index is 2.11. The molecule has 0 saturated heterocycles. The zero-order valence-corrected chi connectivity index (χ0v) is 13.6. The lowest BCUT2D eigenvalue weighted by molar-refractivity contribution is -0.137. The van der Waals surface area contributed by atoms with Crippen molar-refractivity contribution < 1.29 is 19.4 Å². The molecule has 126 valence electrons. The van der Waals surface area contributed by atoms with Gasteiger partial charge >= 0.3 is 5.97 Å². The summed E-state index contributed by atoms with van der Waals surface area (Å²) in [6, 6.07) is 16.6. The molecule has 0 heterocycles. The van der Waals surface area contributed by atoms with Crippen LogP contribution in [0.5, 0.6) is 5.75 Å². The Morgan fingerprint density at radius 1 is 1.04 bits per heavy atom. The second-order valence-electron chi connectivity index (χ2n) is 5.29. The summed E-state index contributed by atoms with van der Waals surface area (Å²) in [6.07, 6.45) is -0.0672. The number of carbonyl (C=O) groups excluding carboxylic acids is 1. The van der Waals surface area contributed by atoms with Gasteiger partial charge in [0.2, 0.25) is 0 Å². The van der Waals surface area contributed by atoms with E-state index in [2.05, 4.69) is 0 Å². The molecule has 2 rings (SSSR count). The monoisotopic (exact) mass is 327 g/mol. The summed E-state index contributed by atoms with van der Waals surface area (Å²) < 4.78 is 5.73. The number of carboxylic acids is 1. The minimum Gasteiger partial charge on any atom is -0.489 e. The van der Waals surface area contributed by atoms with Gasteiger partial charge in [-0.3, -0.25) is 9.59 Å². The first-order valence-electron chi connectivity index (χ1n) is 7.88. The SMILES string of the molecule is CCN(CCC(=O)O)C(=O)c1ccccc1COc1ccccc1. The highest BCUT2D eigenvalue weighted by molar-refractivity contribution is 5.95. The maximum absolute atomic E-state index is 12.7. The van der Waals surface area contributed by atoms with Crippen molar-refractivity contribution in [2.24, 2.45) is 0 Å². The molecule has 0 spiro atoms. The van der Waals surface area contributed by atoms with Crippen molar-refractivity contribution in [2.45, 2.75) is 20.0 Å². The van der Waals surface area contributed by atoms with Crippen LogP contribution in [-0.2, 0) is 11.4 Å². The van der Waals surface area contributed by atoms with E-state index >= 15 is 0 Å². The van der Waals surface area contributed by atoms with Gasteiger partial charge < -0.3 is 14.7 Å². The third-order valence-electron chi connectivity index (χ3n) is 3.65. The summed E-state index contributed by atoms with van der Waals surface area (Å²) >= 11 is 0. The van der Waals surface area contributed by atoms with E-state index in [0.29, 0.717) is 12.1 Å². The molecular weight excluding hydrogens is 306 g/mol.